The van der Waals surface area contributed by atoms with Gasteiger partial charge < -0.3 is 14.6 Å². The number of ketones is 1. The highest BCUT2D eigenvalue weighted by Gasteiger charge is 2.47. The number of benzene rings is 3. The molecule has 1 unspecified atom stereocenters. The number of hydrogen-bond acceptors (Lipinski definition) is 6. The van der Waals surface area contributed by atoms with E-state index in [1.165, 1.54) is 31.1 Å². The molecule has 8 heteroatoms. The van der Waals surface area contributed by atoms with Crippen molar-refractivity contribution < 1.29 is 29.0 Å². The number of aliphatic hydroxyl groups is 1. The fourth-order valence-corrected chi connectivity index (χ4v) is 4.36. The molecule has 1 N–H and O–H groups in total. The second kappa shape index (κ2) is 10.3. The molecule has 1 atom stereocenters. The third-order valence-corrected chi connectivity index (χ3v) is 6.28. The number of anilines is 1. The van der Waals surface area contributed by atoms with Gasteiger partial charge >= 0.3 is 5.97 Å². The average Bonchev–Trinajstić information content (AvgIpc) is 3.14. The first kappa shape index (κ1) is 25.0. The molecule has 1 amide bonds. The number of Topliss-reactive ketones (excluding diaryl/α,β-unsaturated/α-hetero) is 1. The lowest BCUT2D eigenvalue weighted by Gasteiger charge is -2.26. The van der Waals surface area contributed by atoms with E-state index in [9.17, 15) is 19.5 Å². The molecule has 7 nitrogen and oxygen atoms in total. The Bertz CT molecular complexity index is 1360. The molecule has 0 aliphatic carbocycles. The highest BCUT2D eigenvalue weighted by molar-refractivity contribution is 6.52. The average molecular weight is 506 g/mol. The SMILES string of the molecule is CCc1ccc(N2C(=O)C(=O)/C(=C(/O)c3cc(OC)ccc3Cl)C2c2ccc(OC(C)=O)cc2)cc1. The summed E-state index contributed by atoms with van der Waals surface area (Å²) >= 11 is 6.35. The van der Waals surface area contributed by atoms with Crippen molar-refractivity contribution in [3.8, 4) is 11.5 Å². The van der Waals surface area contributed by atoms with Gasteiger partial charge in [0.1, 0.15) is 17.3 Å². The molecule has 1 fully saturated rings. The lowest BCUT2D eigenvalue weighted by Crippen LogP contribution is -2.29. The van der Waals surface area contributed by atoms with Gasteiger partial charge in [-0.05, 0) is 60.0 Å². The third kappa shape index (κ3) is 4.70. The summed E-state index contributed by atoms with van der Waals surface area (Å²) < 4.78 is 10.4. The topological polar surface area (TPSA) is 93.1 Å². The lowest BCUT2D eigenvalue weighted by atomic mass is 9.95. The number of esters is 1. The number of hydrogen-bond donors (Lipinski definition) is 1. The van der Waals surface area contributed by atoms with Gasteiger partial charge in [0.15, 0.2) is 0 Å². The van der Waals surface area contributed by atoms with Crippen molar-refractivity contribution in [1.82, 2.24) is 0 Å². The van der Waals surface area contributed by atoms with Crippen LogP contribution in [-0.2, 0) is 20.8 Å². The number of methoxy groups -OCH3 is 1. The molecule has 3 aromatic rings. The molecule has 3 aromatic carbocycles. The van der Waals surface area contributed by atoms with Crippen molar-refractivity contribution >= 4 is 40.7 Å². The number of aryl methyl sites for hydroxylation is 1. The number of rotatable bonds is 6. The van der Waals surface area contributed by atoms with E-state index in [-0.39, 0.29) is 16.2 Å². The Morgan fingerprint density at radius 2 is 1.64 bits per heavy atom. The Morgan fingerprint density at radius 1 is 1.00 bits per heavy atom. The van der Waals surface area contributed by atoms with Crippen molar-refractivity contribution in [1.29, 1.82) is 0 Å². The first-order chi connectivity index (χ1) is 17.2. The molecule has 0 bridgehead atoms. The summed E-state index contributed by atoms with van der Waals surface area (Å²) in [7, 11) is 1.47. The van der Waals surface area contributed by atoms with Crippen LogP contribution in [0.25, 0.3) is 5.76 Å². The van der Waals surface area contributed by atoms with Gasteiger partial charge in [0, 0.05) is 18.2 Å². The van der Waals surface area contributed by atoms with E-state index in [4.69, 9.17) is 21.1 Å². The molecule has 1 aliphatic rings. The van der Waals surface area contributed by atoms with E-state index in [0.717, 1.165) is 12.0 Å². The highest BCUT2D eigenvalue weighted by atomic mass is 35.5. The molecule has 36 heavy (non-hydrogen) atoms. The van der Waals surface area contributed by atoms with Gasteiger partial charge in [0.25, 0.3) is 11.7 Å². The van der Waals surface area contributed by atoms with Crippen molar-refractivity contribution in [2.24, 2.45) is 0 Å². The number of aliphatic hydroxyl groups excluding tert-OH is 1. The zero-order valence-corrected chi connectivity index (χ0v) is 20.7. The summed E-state index contributed by atoms with van der Waals surface area (Å²) in [6, 6.07) is 17.4. The van der Waals surface area contributed by atoms with Crippen LogP contribution in [0.1, 0.15) is 36.6 Å². The molecule has 0 radical (unpaired) electrons. The molecule has 1 heterocycles. The number of ether oxygens (including phenoxy) is 2. The van der Waals surface area contributed by atoms with Crippen LogP contribution in [0.15, 0.2) is 72.3 Å². The van der Waals surface area contributed by atoms with Crippen LogP contribution in [0.5, 0.6) is 11.5 Å². The van der Waals surface area contributed by atoms with Crippen LogP contribution in [0.2, 0.25) is 5.02 Å². The Balaban J connectivity index is 1.92. The van der Waals surface area contributed by atoms with Crippen LogP contribution >= 0.6 is 11.6 Å². The molecular formula is C28H24ClNO6. The minimum absolute atomic E-state index is 0.116. The first-order valence-electron chi connectivity index (χ1n) is 11.3. The summed E-state index contributed by atoms with van der Waals surface area (Å²) in [5.74, 6) is -1.79. The third-order valence-electron chi connectivity index (χ3n) is 5.95. The fraction of sp³-hybridized carbons (Fsp3) is 0.179. The van der Waals surface area contributed by atoms with E-state index in [1.54, 1.807) is 42.5 Å². The first-order valence-corrected chi connectivity index (χ1v) is 11.6. The summed E-state index contributed by atoms with van der Waals surface area (Å²) in [5.41, 5.74) is 2.15. The van der Waals surface area contributed by atoms with Crippen LogP contribution in [0.4, 0.5) is 5.69 Å². The molecule has 1 saturated heterocycles. The number of halogens is 1. The molecule has 0 aromatic heterocycles. The second-order valence-corrected chi connectivity index (χ2v) is 8.60. The molecule has 0 saturated carbocycles. The Labute approximate surface area is 213 Å². The van der Waals surface area contributed by atoms with Gasteiger partial charge in [-0.1, -0.05) is 42.8 Å². The molecule has 4 rings (SSSR count). The summed E-state index contributed by atoms with van der Waals surface area (Å²) in [6.45, 7) is 3.31. The minimum atomic E-state index is -0.953. The predicted molar refractivity (Wildman–Crippen MR) is 136 cm³/mol. The van der Waals surface area contributed by atoms with Gasteiger partial charge in [-0.3, -0.25) is 19.3 Å². The van der Waals surface area contributed by atoms with Crippen molar-refractivity contribution in [3.05, 3.63) is 94.0 Å². The molecule has 0 spiro atoms. The second-order valence-electron chi connectivity index (χ2n) is 8.20. The summed E-state index contributed by atoms with van der Waals surface area (Å²) in [5, 5.41) is 11.5. The Morgan fingerprint density at radius 3 is 2.22 bits per heavy atom. The highest BCUT2D eigenvalue weighted by Crippen LogP contribution is 2.43. The maximum absolute atomic E-state index is 13.3. The van der Waals surface area contributed by atoms with Crippen molar-refractivity contribution in [3.63, 3.8) is 0 Å². The van der Waals surface area contributed by atoms with Gasteiger partial charge in [0.2, 0.25) is 0 Å². The maximum atomic E-state index is 13.3. The zero-order valence-electron chi connectivity index (χ0n) is 19.9. The van der Waals surface area contributed by atoms with E-state index in [2.05, 4.69) is 0 Å². The van der Waals surface area contributed by atoms with E-state index in [1.807, 2.05) is 19.1 Å². The van der Waals surface area contributed by atoms with Gasteiger partial charge in [-0.2, -0.15) is 0 Å². The number of carbonyl (C=O) groups excluding carboxylic acids is 3. The fourth-order valence-electron chi connectivity index (χ4n) is 4.15. The lowest BCUT2D eigenvalue weighted by molar-refractivity contribution is -0.132. The molecule has 184 valence electrons. The number of nitrogens with zero attached hydrogens (tertiary/aromatic N) is 1. The number of amides is 1. The normalized spacial score (nSPS) is 16.8. The van der Waals surface area contributed by atoms with E-state index < -0.39 is 29.5 Å². The van der Waals surface area contributed by atoms with Crippen LogP contribution in [0.3, 0.4) is 0 Å². The Hall–Kier alpha value is -4.10. The monoisotopic (exact) mass is 505 g/mol. The summed E-state index contributed by atoms with van der Waals surface area (Å²) in [4.78, 5) is 39.3. The predicted octanol–water partition coefficient (Wildman–Crippen LogP) is 5.46. The van der Waals surface area contributed by atoms with Crippen LogP contribution in [0, 0.1) is 0 Å². The van der Waals surface area contributed by atoms with E-state index in [0.29, 0.717) is 22.7 Å². The molecular weight excluding hydrogens is 482 g/mol. The minimum Gasteiger partial charge on any atom is -0.507 e. The molecule has 1 aliphatic heterocycles. The summed E-state index contributed by atoms with van der Waals surface area (Å²) in [6.07, 6.45) is 0.814. The zero-order chi connectivity index (χ0) is 26.0. The number of carbonyl (C=O) groups is 3. The van der Waals surface area contributed by atoms with Crippen LogP contribution in [-0.4, -0.2) is 29.9 Å². The van der Waals surface area contributed by atoms with Gasteiger partial charge in [0.05, 0.1) is 23.7 Å². The smallest absolute Gasteiger partial charge is 0.308 e. The Kier molecular flexibility index (Phi) is 7.12. The van der Waals surface area contributed by atoms with E-state index >= 15 is 0 Å². The maximum Gasteiger partial charge on any atom is 0.308 e. The standard InChI is InChI=1S/C28H24ClNO6/c1-4-17-5-9-19(10-6-17)30-25(18-7-11-20(12-8-18)36-16(2)31)24(27(33)28(30)34)26(32)22-15-21(35-3)13-14-23(22)29/h5-15,25,32H,4H2,1-3H3/b26-24+. The van der Waals surface area contributed by atoms with Crippen LogP contribution < -0.4 is 14.4 Å². The van der Waals surface area contributed by atoms with Crippen molar-refractivity contribution in [2.75, 3.05) is 12.0 Å². The largest absolute Gasteiger partial charge is 0.507 e. The van der Waals surface area contributed by atoms with Gasteiger partial charge in [-0.25, -0.2) is 0 Å². The quantitative estimate of drug-likeness (QED) is 0.157. The van der Waals surface area contributed by atoms with Crippen molar-refractivity contribution in [2.45, 2.75) is 26.3 Å². The van der Waals surface area contributed by atoms with Gasteiger partial charge in [-0.15, -0.1) is 0 Å².